The Labute approximate surface area is 134 Å². The molecule has 1 aromatic carbocycles. The predicted octanol–water partition coefficient (Wildman–Crippen LogP) is 1.58. The minimum absolute atomic E-state index is 0.169. The number of rotatable bonds is 5. The van der Waals surface area contributed by atoms with Crippen molar-refractivity contribution in [2.75, 3.05) is 37.6 Å². The van der Waals surface area contributed by atoms with Gasteiger partial charge in [0.15, 0.2) is 0 Å². The molecule has 0 aliphatic carbocycles. The summed E-state index contributed by atoms with van der Waals surface area (Å²) in [5, 5.41) is 5.16. The molecule has 0 saturated carbocycles. The molecule has 1 aromatic heterocycles. The van der Waals surface area contributed by atoms with Crippen LogP contribution in [0.5, 0.6) is 0 Å². The van der Waals surface area contributed by atoms with E-state index in [2.05, 4.69) is 39.5 Å². The molecule has 3 rings (SSSR count). The zero-order valence-corrected chi connectivity index (χ0v) is 13.3. The standard InChI is InChI=1S/C16H20N4OS/c21-16(11-17-10-14-12-22-13-18-14)20-8-6-19(7-9-20)15-4-2-1-3-5-15/h1-5,12-13,17H,6-11H2. The van der Waals surface area contributed by atoms with Gasteiger partial charge in [0.05, 0.1) is 17.7 Å². The number of anilines is 1. The van der Waals surface area contributed by atoms with Crippen LogP contribution >= 0.6 is 11.3 Å². The fourth-order valence-corrected chi connectivity index (χ4v) is 3.15. The minimum Gasteiger partial charge on any atom is -0.368 e. The van der Waals surface area contributed by atoms with Gasteiger partial charge in [-0.25, -0.2) is 4.98 Å². The third-order valence-corrected chi connectivity index (χ3v) is 4.45. The molecular formula is C16H20N4OS. The first kappa shape index (κ1) is 15.0. The van der Waals surface area contributed by atoms with Gasteiger partial charge in [-0.1, -0.05) is 18.2 Å². The van der Waals surface area contributed by atoms with Crippen LogP contribution in [0.15, 0.2) is 41.2 Å². The highest BCUT2D eigenvalue weighted by Crippen LogP contribution is 2.15. The quantitative estimate of drug-likeness (QED) is 0.910. The highest BCUT2D eigenvalue weighted by Gasteiger charge is 2.20. The van der Waals surface area contributed by atoms with Crippen molar-refractivity contribution in [2.24, 2.45) is 0 Å². The first-order chi connectivity index (χ1) is 10.8. The summed E-state index contributed by atoms with van der Waals surface area (Å²) in [6.45, 7) is 4.38. The summed E-state index contributed by atoms with van der Waals surface area (Å²) in [6, 6.07) is 10.4. The van der Waals surface area contributed by atoms with Crippen LogP contribution < -0.4 is 10.2 Å². The lowest BCUT2D eigenvalue weighted by molar-refractivity contribution is -0.130. The lowest BCUT2D eigenvalue weighted by Crippen LogP contribution is -2.50. The number of thiazole rings is 1. The normalized spacial score (nSPS) is 15.1. The molecule has 1 aliphatic heterocycles. The van der Waals surface area contributed by atoms with E-state index in [1.54, 1.807) is 11.3 Å². The van der Waals surface area contributed by atoms with Crippen LogP contribution in [-0.4, -0.2) is 48.5 Å². The molecule has 0 spiro atoms. The Hall–Kier alpha value is -1.92. The zero-order chi connectivity index (χ0) is 15.2. The molecule has 0 bridgehead atoms. The third kappa shape index (κ3) is 3.84. The molecular weight excluding hydrogens is 296 g/mol. The topological polar surface area (TPSA) is 48.5 Å². The van der Waals surface area contributed by atoms with Gasteiger partial charge >= 0.3 is 0 Å². The molecule has 116 valence electrons. The van der Waals surface area contributed by atoms with E-state index in [0.29, 0.717) is 13.1 Å². The minimum atomic E-state index is 0.169. The molecule has 1 fully saturated rings. The number of carbonyl (C=O) groups excluding carboxylic acids is 1. The van der Waals surface area contributed by atoms with E-state index in [1.807, 2.05) is 21.9 Å². The Morgan fingerprint density at radius 3 is 2.64 bits per heavy atom. The predicted molar refractivity (Wildman–Crippen MR) is 89.1 cm³/mol. The third-order valence-electron chi connectivity index (χ3n) is 3.82. The van der Waals surface area contributed by atoms with Gasteiger partial charge in [0.25, 0.3) is 0 Å². The first-order valence-corrected chi connectivity index (χ1v) is 8.43. The van der Waals surface area contributed by atoms with Crippen molar-refractivity contribution in [2.45, 2.75) is 6.54 Å². The van der Waals surface area contributed by atoms with Gasteiger partial charge in [0.1, 0.15) is 0 Å². The van der Waals surface area contributed by atoms with Crippen molar-refractivity contribution in [1.82, 2.24) is 15.2 Å². The summed E-state index contributed by atoms with van der Waals surface area (Å²) in [4.78, 5) is 20.7. The van der Waals surface area contributed by atoms with E-state index in [1.165, 1.54) is 5.69 Å². The van der Waals surface area contributed by atoms with Crippen LogP contribution in [0.1, 0.15) is 5.69 Å². The van der Waals surface area contributed by atoms with Crippen LogP contribution in [0.25, 0.3) is 0 Å². The van der Waals surface area contributed by atoms with E-state index < -0.39 is 0 Å². The maximum absolute atomic E-state index is 12.2. The Balaban J connectivity index is 1.42. The number of para-hydroxylation sites is 1. The lowest BCUT2D eigenvalue weighted by Gasteiger charge is -2.36. The smallest absolute Gasteiger partial charge is 0.236 e. The lowest BCUT2D eigenvalue weighted by atomic mass is 10.2. The number of nitrogens with zero attached hydrogens (tertiary/aromatic N) is 3. The number of piperazine rings is 1. The number of hydrogen-bond donors (Lipinski definition) is 1. The highest BCUT2D eigenvalue weighted by atomic mass is 32.1. The summed E-state index contributed by atoms with van der Waals surface area (Å²) in [5.41, 5.74) is 4.03. The molecule has 5 nitrogen and oxygen atoms in total. The summed E-state index contributed by atoms with van der Waals surface area (Å²) in [6.07, 6.45) is 0. The van der Waals surface area contributed by atoms with E-state index >= 15 is 0 Å². The number of benzene rings is 1. The molecule has 0 unspecified atom stereocenters. The van der Waals surface area contributed by atoms with Crippen molar-refractivity contribution >= 4 is 22.9 Å². The Bertz CT molecular complexity index is 579. The van der Waals surface area contributed by atoms with Crippen LogP contribution in [0.2, 0.25) is 0 Å². The van der Waals surface area contributed by atoms with Gasteiger partial charge in [0.2, 0.25) is 5.91 Å². The molecule has 1 amide bonds. The SMILES string of the molecule is O=C(CNCc1cscn1)N1CCN(c2ccccc2)CC1. The monoisotopic (exact) mass is 316 g/mol. The Kier molecular flexibility index (Phi) is 5.03. The maximum Gasteiger partial charge on any atom is 0.236 e. The fourth-order valence-electron chi connectivity index (χ4n) is 2.59. The van der Waals surface area contributed by atoms with Crippen LogP contribution in [0.3, 0.4) is 0 Å². The molecule has 1 N–H and O–H groups in total. The Morgan fingerprint density at radius 2 is 1.95 bits per heavy atom. The molecule has 1 aliphatic rings. The molecule has 1 saturated heterocycles. The van der Waals surface area contributed by atoms with Crippen molar-refractivity contribution in [3.63, 3.8) is 0 Å². The van der Waals surface area contributed by atoms with Crippen LogP contribution in [0, 0.1) is 0 Å². The summed E-state index contributed by atoms with van der Waals surface area (Å²) < 4.78 is 0. The van der Waals surface area contributed by atoms with Gasteiger partial charge in [-0.15, -0.1) is 11.3 Å². The second-order valence-corrected chi connectivity index (χ2v) is 6.01. The number of amides is 1. The van der Waals surface area contributed by atoms with Gasteiger partial charge in [-0.2, -0.15) is 0 Å². The van der Waals surface area contributed by atoms with Crippen molar-refractivity contribution in [3.05, 3.63) is 46.9 Å². The van der Waals surface area contributed by atoms with Crippen LogP contribution in [-0.2, 0) is 11.3 Å². The maximum atomic E-state index is 12.2. The van der Waals surface area contributed by atoms with E-state index in [-0.39, 0.29) is 5.91 Å². The molecule has 0 radical (unpaired) electrons. The van der Waals surface area contributed by atoms with Gasteiger partial charge in [-0.3, -0.25) is 4.79 Å². The summed E-state index contributed by atoms with van der Waals surface area (Å²) >= 11 is 1.57. The highest BCUT2D eigenvalue weighted by molar-refractivity contribution is 7.07. The van der Waals surface area contributed by atoms with Crippen molar-refractivity contribution < 1.29 is 4.79 Å². The summed E-state index contributed by atoms with van der Waals surface area (Å²) in [5.74, 6) is 0.169. The molecule has 2 aromatic rings. The summed E-state index contributed by atoms with van der Waals surface area (Å²) in [7, 11) is 0. The number of carbonyl (C=O) groups is 1. The molecule has 2 heterocycles. The molecule has 0 atom stereocenters. The first-order valence-electron chi connectivity index (χ1n) is 7.48. The van der Waals surface area contributed by atoms with Crippen molar-refractivity contribution in [1.29, 1.82) is 0 Å². The second-order valence-electron chi connectivity index (χ2n) is 5.29. The largest absolute Gasteiger partial charge is 0.368 e. The van der Waals surface area contributed by atoms with Gasteiger partial charge in [-0.05, 0) is 12.1 Å². The van der Waals surface area contributed by atoms with E-state index in [9.17, 15) is 4.79 Å². The van der Waals surface area contributed by atoms with Crippen molar-refractivity contribution in [3.8, 4) is 0 Å². The zero-order valence-electron chi connectivity index (χ0n) is 12.4. The van der Waals surface area contributed by atoms with Gasteiger partial charge < -0.3 is 15.1 Å². The molecule has 22 heavy (non-hydrogen) atoms. The Morgan fingerprint density at radius 1 is 1.18 bits per heavy atom. The number of hydrogen-bond acceptors (Lipinski definition) is 5. The van der Waals surface area contributed by atoms with Crippen LogP contribution in [0.4, 0.5) is 5.69 Å². The van der Waals surface area contributed by atoms with Gasteiger partial charge in [0, 0.05) is 43.8 Å². The number of aromatic nitrogens is 1. The molecule has 6 heteroatoms. The number of nitrogens with one attached hydrogen (secondary N) is 1. The average molecular weight is 316 g/mol. The second kappa shape index (κ2) is 7.38. The van der Waals surface area contributed by atoms with E-state index in [4.69, 9.17) is 0 Å². The average Bonchev–Trinajstić information content (AvgIpc) is 3.09. The fraction of sp³-hybridized carbons (Fsp3) is 0.375. The van der Waals surface area contributed by atoms with E-state index in [0.717, 1.165) is 31.9 Å².